The molecule has 0 aliphatic heterocycles. The van der Waals surface area contributed by atoms with E-state index in [9.17, 15) is 5.11 Å². The first kappa shape index (κ1) is 17.2. The van der Waals surface area contributed by atoms with E-state index in [1.54, 1.807) is 18.3 Å². The SMILES string of the molecule is C=C(/C=C(/NCCCC)n1ncc(S)c1C)c1ccccc1O. The molecule has 1 heterocycles. The van der Waals surface area contributed by atoms with Gasteiger partial charge in [-0.15, -0.1) is 12.6 Å². The fraction of sp³-hybridized carbons (Fsp3) is 0.278. The third-order valence-electron chi connectivity index (χ3n) is 3.61. The highest BCUT2D eigenvalue weighted by Crippen LogP contribution is 2.26. The van der Waals surface area contributed by atoms with E-state index in [1.165, 1.54) is 0 Å². The van der Waals surface area contributed by atoms with E-state index in [2.05, 4.69) is 36.5 Å². The van der Waals surface area contributed by atoms with Crippen molar-refractivity contribution in [3.8, 4) is 5.75 Å². The molecule has 0 aliphatic carbocycles. The molecule has 4 nitrogen and oxygen atoms in total. The van der Waals surface area contributed by atoms with Gasteiger partial charge >= 0.3 is 0 Å². The normalized spacial score (nSPS) is 11.5. The first-order valence-corrected chi connectivity index (χ1v) is 8.16. The fourth-order valence-electron chi connectivity index (χ4n) is 2.21. The molecule has 0 aliphatic rings. The van der Waals surface area contributed by atoms with Gasteiger partial charge in [0.1, 0.15) is 11.6 Å². The molecule has 23 heavy (non-hydrogen) atoms. The van der Waals surface area contributed by atoms with Crippen molar-refractivity contribution in [2.75, 3.05) is 6.54 Å². The van der Waals surface area contributed by atoms with Crippen LogP contribution in [0.25, 0.3) is 11.4 Å². The lowest BCUT2D eigenvalue weighted by Crippen LogP contribution is -2.20. The van der Waals surface area contributed by atoms with Gasteiger partial charge < -0.3 is 10.4 Å². The number of nitrogens with zero attached hydrogens (tertiary/aromatic N) is 2. The Morgan fingerprint density at radius 2 is 2.17 bits per heavy atom. The van der Waals surface area contributed by atoms with Gasteiger partial charge in [-0.1, -0.05) is 38.1 Å². The molecule has 1 aromatic carbocycles. The largest absolute Gasteiger partial charge is 0.507 e. The molecular weight excluding hydrogens is 306 g/mol. The number of thiol groups is 1. The minimum atomic E-state index is 0.216. The molecular formula is C18H23N3OS. The quantitative estimate of drug-likeness (QED) is 0.407. The van der Waals surface area contributed by atoms with Crippen LogP contribution in [0.2, 0.25) is 0 Å². The lowest BCUT2D eigenvalue weighted by atomic mass is 10.1. The van der Waals surface area contributed by atoms with Crippen molar-refractivity contribution in [1.29, 1.82) is 0 Å². The number of para-hydroxylation sites is 1. The lowest BCUT2D eigenvalue weighted by Gasteiger charge is -2.14. The summed E-state index contributed by atoms with van der Waals surface area (Å²) in [6.45, 7) is 9.04. The van der Waals surface area contributed by atoms with Crippen LogP contribution in [0.1, 0.15) is 31.0 Å². The zero-order valence-corrected chi connectivity index (χ0v) is 14.5. The first-order chi connectivity index (χ1) is 11.0. The summed E-state index contributed by atoms with van der Waals surface area (Å²) < 4.78 is 1.81. The molecule has 0 saturated heterocycles. The molecule has 0 spiro atoms. The summed E-state index contributed by atoms with van der Waals surface area (Å²) in [5, 5.41) is 17.8. The number of hydrogen-bond donors (Lipinski definition) is 3. The van der Waals surface area contributed by atoms with Gasteiger partial charge in [-0.3, -0.25) is 0 Å². The monoisotopic (exact) mass is 329 g/mol. The minimum Gasteiger partial charge on any atom is -0.507 e. The van der Waals surface area contributed by atoms with Crippen molar-refractivity contribution in [3.05, 3.63) is 54.4 Å². The van der Waals surface area contributed by atoms with Gasteiger partial charge in [0.15, 0.2) is 0 Å². The van der Waals surface area contributed by atoms with E-state index in [-0.39, 0.29) is 5.75 Å². The number of unbranched alkanes of at least 4 members (excludes halogenated alkanes) is 1. The molecule has 2 N–H and O–H groups in total. The van der Waals surface area contributed by atoms with E-state index in [4.69, 9.17) is 0 Å². The summed E-state index contributed by atoms with van der Waals surface area (Å²) in [6, 6.07) is 7.17. The second-order valence-electron chi connectivity index (χ2n) is 5.38. The highest BCUT2D eigenvalue weighted by molar-refractivity contribution is 7.80. The molecule has 2 rings (SSSR count). The maximum atomic E-state index is 9.99. The average Bonchev–Trinajstić information content (AvgIpc) is 2.86. The van der Waals surface area contributed by atoms with Crippen molar-refractivity contribution < 1.29 is 5.11 Å². The van der Waals surface area contributed by atoms with E-state index in [1.807, 2.05) is 29.8 Å². The number of phenols is 1. The number of rotatable bonds is 7. The Morgan fingerprint density at radius 1 is 1.43 bits per heavy atom. The van der Waals surface area contributed by atoms with Crippen molar-refractivity contribution >= 4 is 24.0 Å². The Hall–Kier alpha value is -2.14. The third-order valence-corrected chi connectivity index (χ3v) is 4.05. The van der Waals surface area contributed by atoms with Gasteiger partial charge in [0.2, 0.25) is 0 Å². The Morgan fingerprint density at radius 3 is 2.78 bits per heavy atom. The first-order valence-electron chi connectivity index (χ1n) is 7.71. The van der Waals surface area contributed by atoms with E-state index in [0.29, 0.717) is 5.56 Å². The molecule has 122 valence electrons. The number of aromatic nitrogens is 2. The van der Waals surface area contributed by atoms with Gasteiger partial charge in [-0.05, 0) is 31.1 Å². The number of benzene rings is 1. The molecule has 0 amide bonds. The fourth-order valence-corrected chi connectivity index (χ4v) is 2.36. The van der Waals surface area contributed by atoms with Crippen LogP contribution in [0.3, 0.4) is 0 Å². The molecule has 0 bridgehead atoms. The molecule has 2 aromatic rings. The number of aromatic hydroxyl groups is 1. The van der Waals surface area contributed by atoms with Crippen molar-refractivity contribution in [1.82, 2.24) is 15.1 Å². The summed E-state index contributed by atoms with van der Waals surface area (Å²) in [4.78, 5) is 0.835. The smallest absolute Gasteiger partial charge is 0.128 e. The van der Waals surface area contributed by atoms with Crippen LogP contribution in [-0.2, 0) is 0 Å². The van der Waals surface area contributed by atoms with Gasteiger partial charge in [0.05, 0.1) is 11.9 Å². The molecule has 1 aromatic heterocycles. The predicted octanol–water partition coefficient (Wildman–Crippen LogP) is 4.09. The lowest BCUT2D eigenvalue weighted by molar-refractivity contribution is 0.474. The third kappa shape index (κ3) is 4.20. The van der Waals surface area contributed by atoms with Crippen LogP contribution < -0.4 is 5.32 Å². The van der Waals surface area contributed by atoms with Crippen molar-refractivity contribution in [2.45, 2.75) is 31.6 Å². The van der Waals surface area contributed by atoms with Gasteiger partial charge in [0.25, 0.3) is 0 Å². The van der Waals surface area contributed by atoms with Crippen LogP contribution in [-0.4, -0.2) is 21.4 Å². The summed E-state index contributed by atoms with van der Waals surface area (Å²) in [5.74, 6) is 1.04. The molecule has 5 heteroatoms. The van der Waals surface area contributed by atoms with Crippen molar-refractivity contribution in [3.63, 3.8) is 0 Å². The Labute approximate surface area is 143 Å². The second-order valence-corrected chi connectivity index (χ2v) is 5.86. The maximum absolute atomic E-state index is 9.99. The number of phenolic OH excluding ortho intramolecular Hbond substituents is 1. The second kappa shape index (κ2) is 7.92. The van der Waals surface area contributed by atoms with Crippen LogP contribution in [0.5, 0.6) is 5.75 Å². The Kier molecular flexibility index (Phi) is 5.93. The van der Waals surface area contributed by atoms with Gasteiger partial charge in [0, 0.05) is 17.0 Å². The summed E-state index contributed by atoms with van der Waals surface area (Å²) in [6.07, 6.45) is 5.79. The Bertz CT molecular complexity index is 719. The van der Waals surface area contributed by atoms with Gasteiger partial charge in [-0.2, -0.15) is 5.10 Å². The van der Waals surface area contributed by atoms with Crippen molar-refractivity contribution in [2.24, 2.45) is 0 Å². The number of allylic oxidation sites excluding steroid dienone is 2. The molecule has 0 radical (unpaired) electrons. The molecule has 0 unspecified atom stereocenters. The zero-order valence-electron chi connectivity index (χ0n) is 13.6. The highest BCUT2D eigenvalue weighted by atomic mass is 32.1. The maximum Gasteiger partial charge on any atom is 0.128 e. The van der Waals surface area contributed by atoms with Crippen LogP contribution in [0.4, 0.5) is 0 Å². The van der Waals surface area contributed by atoms with Crippen LogP contribution in [0, 0.1) is 6.92 Å². The minimum absolute atomic E-state index is 0.216. The topological polar surface area (TPSA) is 50.1 Å². The van der Waals surface area contributed by atoms with E-state index in [0.717, 1.165) is 41.4 Å². The van der Waals surface area contributed by atoms with Gasteiger partial charge in [-0.25, -0.2) is 4.68 Å². The molecule has 0 saturated carbocycles. The molecule has 0 fully saturated rings. The predicted molar refractivity (Wildman–Crippen MR) is 98.5 cm³/mol. The number of nitrogens with one attached hydrogen (secondary N) is 1. The summed E-state index contributed by atoms with van der Waals surface area (Å²) in [5.41, 5.74) is 2.38. The highest BCUT2D eigenvalue weighted by Gasteiger charge is 2.10. The van der Waals surface area contributed by atoms with E-state index >= 15 is 0 Å². The summed E-state index contributed by atoms with van der Waals surface area (Å²) >= 11 is 4.40. The number of hydrogen-bond acceptors (Lipinski definition) is 4. The standard InChI is InChI=1S/C18H23N3OS/c1-4-5-10-19-18(21-14(3)17(23)12-20-21)11-13(2)15-8-6-7-9-16(15)22/h6-9,11-12,19,22-23H,2,4-5,10H2,1,3H3/b18-11-. The average molecular weight is 329 g/mol. The van der Waals surface area contributed by atoms with E-state index < -0.39 is 0 Å². The van der Waals surface area contributed by atoms with Crippen LogP contribution in [0.15, 0.2) is 48.0 Å². The molecule has 0 atom stereocenters. The van der Waals surface area contributed by atoms with Crippen LogP contribution >= 0.6 is 12.6 Å². The summed E-state index contributed by atoms with van der Waals surface area (Å²) in [7, 11) is 0. The zero-order chi connectivity index (χ0) is 16.8. The Balaban J connectivity index is 2.34.